The third-order valence-electron chi connectivity index (χ3n) is 4.44. The van der Waals surface area contributed by atoms with Gasteiger partial charge in [0.2, 0.25) is 0 Å². The Balaban J connectivity index is 1.61. The Morgan fingerprint density at radius 1 is 1.10 bits per heavy atom. The molecule has 7 heteroatoms. The Bertz CT molecular complexity index is 1030. The molecule has 0 bridgehead atoms. The Hall–Kier alpha value is -2.83. The summed E-state index contributed by atoms with van der Waals surface area (Å²) in [5, 5.41) is 4.96. The summed E-state index contributed by atoms with van der Waals surface area (Å²) in [6.45, 7) is 4.84. The number of aryl methyl sites for hydroxylation is 2. The van der Waals surface area contributed by atoms with Crippen molar-refractivity contribution in [2.75, 3.05) is 25.5 Å². The van der Waals surface area contributed by atoms with Crippen molar-refractivity contribution in [3.8, 4) is 5.75 Å². The van der Waals surface area contributed by atoms with Gasteiger partial charge in [0.25, 0.3) is 11.8 Å². The minimum absolute atomic E-state index is 0.178. The van der Waals surface area contributed by atoms with Gasteiger partial charge in [0, 0.05) is 12.6 Å². The van der Waals surface area contributed by atoms with Crippen LogP contribution >= 0.6 is 22.9 Å². The molecule has 0 aliphatic heterocycles. The van der Waals surface area contributed by atoms with Gasteiger partial charge in [-0.25, -0.2) is 0 Å². The van der Waals surface area contributed by atoms with Gasteiger partial charge in [-0.15, -0.1) is 11.3 Å². The second-order valence-corrected chi connectivity index (χ2v) is 8.38. The van der Waals surface area contributed by atoms with E-state index in [1.807, 2.05) is 31.4 Å². The molecule has 0 saturated heterocycles. The fraction of sp³-hybridized carbons (Fsp3) is 0.217. The van der Waals surface area contributed by atoms with E-state index in [1.165, 1.54) is 11.3 Å². The maximum absolute atomic E-state index is 12.8. The summed E-state index contributed by atoms with van der Waals surface area (Å²) in [5.41, 5.74) is 3.11. The van der Waals surface area contributed by atoms with E-state index >= 15 is 0 Å². The van der Waals surface area contributed by atoms with Gasteiger partial charge in [-0.3, -0.25) is 9.59 Å². The number of benzene rings is 2. The number of thiophene rings is 1. The molecule has 5 nitrogen and oxygen atoms in total. The molecule has 0 unspecified atom stereocenters. The normalized spacial score (nSPS) is 10.5. The number of nitrogens with one attached hydrogen (secondary N) is 1. The molecular formula is C23H23ClN2O3S. The second-order valence-electron chi connectivity index (χ2n) is 7.02. The lowest BCUT2D eigenvalue weighted by atomic mass is 10.1. The molecule has 3 aromatic rings. The van der Waals surface area contributed by atoms with Gasteiger partial charge < -0.3 is 15.0 Å². The number of carbonyl (C=O) groups is 2. The van der Waals surface area contributed by atoms with Gasteiger partial charge >= 0.3 is 0 Å². The number of hydrogen-bond acceptors (Lipinski definition) is 4. The molecule has 2 amide bonds. The molecule has 156 valence electrons. The Labute approximate surface area is 185 Å². The fourth-order valence-electron chi connectivity index (χ4n) is 2.98. The fourth-order valence-corrected chi connectivity index (χ4v) is 3.77. The third-order valence-corrected chi connectivity index (χ3v) is 5.64. The van der Waals surface area contributed by atoms with Gasteiger partial charge in [-0.1, -0.05) is 23.7 Å². The first kappa shape index (κ1) is 21.9. The summed E-state index contributed by atoms with van der Waals surface area (Å²) < 4.78 is 5.79. The highest BCUT2D eigenvalue weighted by Gasteiger charge is 2.16. The number of halogens is 1. The zero-order valence-corrected chi connectivity index (χ0v) is 18.6. The maximum Gasteiger partial charge on any atom is 0.265 e. The lowest BCUT2D eigenvalue weighted by Crippen LogP contribution is -2.31. The summed E-state index contributed by atoms with van der Waals surface area (Å²) in [4.78, 5) is 27.2. The number of nitrogens with zero attached hydrogens (tertiary/aromatic N) is 1. The number of hydrogen-bond donors (Lipinski definition) is 1. The largest absolute Gasteiger partial charge is 0.492 e. The van der Waals surface area contributed by atoms with E-state index in [4.69, 9.17) is 16.3 Å². The third kappa shape index (κ3) is 5.62. The van der Waals surface area contributed by atoms with Crippen molar-refractivity contribution < 1.29 is 14.3 Å². The lowest BCUT2D eigenvalue weighted by Gasteiger charge is -2.18. The summed E-state index contributed by atoms with van der Waals surface area (Å²) in [6.07, 6.45) is 0. The first-order chi connectivity index (χ1) is 14.3. The van der Waals surface area contributed by atoms with Crippen molar-refractivity contribution in [3.63, 3.8) is 0 Å². The molecular weight excluding hydrogens is 420 g/mol. The zero-order chi connectivity index (χ0) is 21.7. The molecule has 1 aromatic heterocycles. The molecule has 2 aromatic carbocycles. The standard InChI is InChI=1S/C23H23ClN2O3S/c1-15-11-16(2)13-18(12-15)29-9-8-26(3)23(28)17-6-7-19(24)20(14-17)25-22(27)21-5-4-10-30-21/h4-7,10-14H,8-9H2,1-3H3,(H,25,27). The van der Waals surface area contributed by atoms with E-state index in [1.54, 1.807) is 42.3 Å². The molecule has 0 spiro atoms. The summed E-state index contributed by atoms with van der Waals surface area (Å²) >= 11 is 7.54. The molecule has 0 atom stereocenters. The minimum Gasteiger partial charge on any atom is -0.492 e. The zero-order valence-electron chi connectivity index (χ0n) is 17.1. The van der Waals surface area contributed by atoms with Crippen molar-refractivity contribution in [2.24, 2.45) is 0 Å². The van der Waals surface area contributed by atoms with E-state index in [9.17, 15) is 9.59 Å². The number of anilines is 1. The van der Waals surface area contributed by atoms with Crippen LogP contribution < -0.4 is 10.1 Å². The molecule has 1 N–H and O–H groups in total. The Kier molecular flexibility index (Phi) is 7.13. The summed E-state index contributed by atoms with van der Waals surface area (Å²) in [7, 11) is 1.71. The molecule has 3 rings (SSSR count). The molecule has 0 saturated carbocycles. The lowest BCUT2D eigenvalue weighted by molar-refractivity contribution is 0.0773. The highest BCUT2D eigenvalue weighted by atomic mass is 35.5. The van der Waals surface area contributed by atoms with Crippen molar-refractivity contribution >= 4 is 40.4 Å². The monoisotopic (exact) mass is 442 g/mol. The van der Waals surface area contributed by atoms with Crippen molar-refractivity contribution in [3.05, 3.63) is 80.5 Å². The molecule has 1 heterocycles. The average Bonchev–Trinajstić information content (AvgIpc) is 3.23. The van der Waals surface area contributed by atoms with Gasteiger partial charge in [0.15, 0.2) is 0 Å². The first-order valence-corrected chi connectivity index (χ1v) is 10.7. The number of carbonyl (C=O) groups excluding carboxylic acids is 2. The predicted octanol–water partition coefficient (Wildman–Crippen LogP) is 5.42. The quantitative estimate of drug-likeness (QED) is 0.531. The van der Waals surface area contributed by atoms with Gasteiger partial charge in [0.1, 0.15) is 12.4 Å². The summed E-state index contributed by atoms with van der Waals surface area (Å²) in [5.74, 6) is 0.354. The average molecular weight is 443 g/mol. The van der Waals surface area contributed by atoms with Crippen LogP contribution in [-0.4, -0.2) is 36.9 Å². The highest BCUT2D eigenvalue weighted by molar-refractivity contribution is 7.12. The van der Waals surface area contributed by atoms with Gasteiger partial charge in [-0.2, -0.15) is 0 Å². The van der Waals surface area contributed by atoms with E-state index in [2.05, 4.69) is 11.4 Å². The predicted molar refractivity (Wildman–Crippen MR) is 122 cm³/mol. The van der Waals surface area contributed by atoms with E-state index in [0.29, 0.717) is 34.3 Å². The van der Waals surface area contributed by atoms with Gasteiger partial charge in [-0.05, 0) is 66.8 Å². The first-order valence-electron chi connectivity index (χ1n) is 9.44. The molecule has 0 radical (unpaired) electrons. The van der Waals surface area contributed by atoms with Crippen LogP contribution in [0.25, 0.3) is 0 Å². The van der Waals surface area contributed by atoms with Crippen molar-refractivity contribution in [2.45, 2.75) is 13.8 Å². The van der Waals surface area contributed by atoms with E-state index in [0.717, 1.165) is 16.9 Å². The summed E-state index contributed by atoms with van der Waals surface area (Å²) in [6, 6.07) is 14.4. The van der Waals surface area contributed by atoms with Crippen LogP contribution in [-0.2, 0) is 0 Å². The van der Waals surface area contributed by atoms with E-state index < -0.39 is 0 Å². The maximum atomic E-state index is 12.8. The van der Waals surface area contributed by atoms with Crippen LogP contribution in [0.15, 0.2) is 53.9 Å². The Morgan fingerprint density at radius 3 is 2.50 bits per heavy atom. The van der Waals surface area contributed by atoms with Crippen LogP contribution in [0.3, 0.4) is 0 Å². The SMILES string of the molecule is Cc1cc(C)cc(OCCN(C)C(=O)c2ccc(Cl)c(NC(=O)c3cccs3)c2)c1. The molecule has 0 aliphatic rings. The van der Waals surface area contributed by atoms with Crippen molar-refractivity contribution in [1.82, 2.24) is 4.90 Å². The number of rotatable bonds is 7. The minimum atomic E-state index is -0.258. The van der Waals surface area contributed by atoms with Gasteiger partial charge in [0.05, 0.1) is 22.1 Å². The highest BCUT2D eigenvalue weighted by Crippen LogP contribution is 2.25. The molecule has 0 fully saturated rings. The van der Waals surface area contributed by atoms with Crippen LogP contribution in [0, 0.1) is 13.8 Å². The van der Waals surface area contributed by atoms with Crippen molar-refractivity contribution in [1.29, 1.82) is 0 Å². The number of likely N-dealkylation sites (N-methyl/N-ethyl adjacent to an activating group) is 1. The second kappa shape index (κ2) is 9.78. The smallest absolute Gasteiger partial charge is 0.265 e. The Morgan fingerprint density at radius 2 is 1.83 bits per heavy atom. The number of amides is 2. The topological polar surface area (TPSA) is 58.6 Å². The van der Waals surface area contributed by atoms with Crippen LogP contribution in [0.4, 0.5) is 5.69 Å². The van der Waals surface area contributed by atoms with Crippen LogP contribution in [0.1, 0.15) is 31.2 Å². The van der Waals surface area contributed by atoms with Crippen LogP contribution in [0.2, 0.25) is 5.02 Å². The van der Waals surface area contributed by atoms with E-state index in [-0.39, 0.29) is 11.8 Å². The molecule has 30 heavy (non-hydrogen) atoms. The molecule has 0 aliphatic carbocycles. The van der Waals surface area contributed by atoms with Crippen LogP contribution in [0.5, 0.6) is 5.75 Å². The number of ether oxygens (including phenoxy) is 1.